The van der Waals surface area contributed by atoms with Crippen LogP contribution in [0, 0.1) is 6.92 Å². The fourth-order valence-electron chi connectivity index (χ4n) is 3.17. The lowest BCUT2D eigenvalue weighted by atomic mass is 9.87. The molecule has 29 heavy (non-hydrogen) atoms. The summed E-state index contributed by atoms with van der Waals surface area (Å²) in [7, 11) is 0. The van der Waals surface area contributed by atoms with Crippen LogP contribution < -0.4 is 5.32 Å². The number of nitrogens with one attached hydrogen (secondary N) is 1. The van der Waals surface area contributed by atoms with Crippen molar-refractivity contribution < 1.29 is 4.79 Å². The Balaban J connectivity index is 1.63. The zero-order valence-electron chi connectivity index (χ0n) is 17.1. The molecule has 0 aliphatic heterocycles. The largest absolute Gasteiger partial charge is 0.310 e. The lowest BCUT2D eigenvalue weighted by Gasteiger charge is -2.18. The van der Waals surface area contributed by atoms with Crippen molar-refractivity contribution in [3.63, 3.8) is 0 Å². The van der Waals surface area contributed by atoms with E-state index in [2.05, 4.69) is 49.4 Å². The molecular weight excluding hydrogens is 380 g/mol. The molecule has 0 fully saturated rings. The zero-order chi connectivity index (χ0) is 20.6. The Hall–Kier alpha value is -2.99. The quantitative estimate of drug-likeness (QED) is 0.504. The van der Waals surface area contributed by atoms with E-state index in [1.807, 2.05) is 43.3 Å². The van der Waals surface area contributed by atoms with Crippen LogP contribution >= 0.6 is 11.3 Å². The number of hydrogen-bond acceptors (Lipinski definition) is 4. The molecule has 0 aliphatic carbocycles. The fraction of sp³-hybridized carbons (Fsp3) is 0.261. The second-order valence-corrected chi connectivity index (χ2v) is 9.23. The van der Waals surface area contributed by atoms with Crippen LogP contribution in [0.2, 0.25) is 0 Å². The summed E-state index contributed by atoms with van der Waals surface area (Å²) in [5.74, 6) is 0.562. The molecule has 2 heterocycles. The Bertz CT molecular complexity index is 1170. The van der Waals surface area contributed by atoms with Crippen LogP contribution in [0.1, 0.15) is 37.6 Å². The lowest BCUT2D eigenvalue weighted by molar-refractivity contribution is -0.115. The smallest absolute Gasteiger partial charge is 0.229 e. The number of nitrogens with zero attached hydrogens (tertiary/aromatic N) is 3. The van der Waals surface area contributed by atoms with Gasteiger partial charge in [-0.3, -0.25) is 4.79 Å². The Morgan fingerprint density at radius 3 is 2.59 bits per heavy atom. The zero-order valence-corrected chi connectivity index (χ0v) is 17.9. The third kappa shape index (κ3) is 4.22. The molecular formula is C23H24N4OS. The Morgan fingerprint density at radius 1 is 1.10 bits per heavy atom. The van der Waals surface area contributed by atoms with E-state index in [1.165, 1.54) is 5.56 Å². The van der Waals surface area contributed by atoms with Crippen molar-refractivity contribution in [3.05, 3.63) is 71.4 Å². The number of carbonyl (C=O) groups is 1. The summed E-state index contributed by atoms with van der Waals surface area (Å²) in [4.78, 5) is 17.3. The molecule has 148 valence electrons. The molecule has 4 aromatic rings. The number of anilines is 1. The Labute approximate surface area is 174 Å². The third-order valence-corrected chi connectivity index (χ3v) is 5.72. The van der Waals surface area contributed by atoms with E-state index < -0.39 is 0 Å². The van der Waals surface area contributed by atoms with Gasteiger partial charge in [0.1, 0.15) is 5.82 Å². The molecule has 0 saturated carbocycles. The van der Waals surface area contributed by atoms with Crippen LogP contribution in [0.4, 0.5) is 5.82 Å². The summed E-state index contributed by atoms with van der Waals surface area (Å²) in [5.41, 5.74) is 4.09. The average molecular weight is 405 g/mol. The Kier molecular flexibility index (Phi) is 4.96. The van der Waals surface area contributed by atoms with Crippen molar-refractivity contribution in [1.29, 1.82) is 0 Å². The predicted molar refractivity (Wildman–Crippen MR) is 119 cm³/mol. The lowest BCUT2D eigenvalue weighted by Crippen LogP contribution is -2.17. The van der Waals surface area contributed by atoms with Crippen LogP contribution in [-0.4, -0.2) is 20.7 Å². The van der Waals surface area contributed by atoms with E-state index in [0.29, 0.717) is 12.2 Å². The van der Waals surface area contributed by atoms with Crippen molar-refractivity contribution in [2.75, 3.05) is 5.32 Å². The number of amides is 1. The highest BCUT2D eigenvalue weighted by Gasteiger charge is 2.18. The molecule has 0 spiro atoms. The molecule has 4 rings (SSSR count). The van der Waals surface area contributed by atoms with Crippen LogP contribution in [0.25, 0.3) is 15.3 Å². The molecule has 1 N–H and O–H groups in total. The van der Waals surface area contributed by atoms with Gasteiger partial charge in [0.2, 0.25) is 11.0 Å². The van der Waals surface area contributed by atoms with Gasteiger partial charge in [0.15, 0.2) is 0 Å². The van der Waals surface area contributed by atoms with Crippen LogP contribution in [0.3, 0.4) is 0 Å². The molecule has 1 amide bonds. The van der Waals surface area contributed by atoms with Crippen molar-refractivity contribution in [3.8, 4) is 5.13 Å². The molecule has 0 unspecified atom stereocenters. The SMILES string of the molecule is Cc1cc(NC(=O)Cc2ccccc2)n(-c2nc3ccc(C(C)(C)C)cc3s2)n1. The van der Waals surface area contributed by atoms with Crippen molar-refractivity contribution in [2.45, 2.75) is 39.5 Å². The second kappa shape index (κ2) is 7.44. The highest BCUT2D eigenvalue weighted by molar-refractivity contribution is 7.20. The molecule has 2 aromatic carbocycles. The van der Waals surface area contributed by atoms with E-state index in [4.69, 9.17) is 4.98 Å². The topological polar surface area (TPSA) is 59.8 Å². The summed E-state index contributed by atoms with van der Waals surface area (Å²) < 4.78 is 2.83. The van der Waals surface area contributed by atoms with Crippen molar-refractivity contribution in [2.24, 2.45) is 0 Å². The predicted octanol–water partition coefficient (Wildman–Crippen LogP) is 5.27. The van der Waals surface area contributed by atoms with E-state index >= 15 is 0 Å². The number of fused-ring (bicyclic) bond motifs is 1. The molecule has 2 aromatic heterocycles. The van der Waals surface area contributed by atoms with Gasteiger partial charge in [-0.25, -0.2) is 4.98 Å². The molecule has 0 atom stereocenters. The van der Waals surface area contributed by atoms with Gasteiger partial charge in [-0.05, 0) is 35.6 Å². The van der Waals surface area contributed by atoms with Gasteiger partial charge in [0.05, 0.1) is 22.3 Å². The third-order valence-electron chi connectivity index (χ3n) is 4.73. The first-order chi connectivity index (χ1) is 13.8. The maximum Gasteiger partial charge on any atom is 0.229 e. The summed E-state index contributed by atoms with van der Waals surface area (Å²) in [6, 6.07) is 18.0. The van der Waals surface area contributed by atoms with Gasteiger partial charge in [-0.2, -0.15) is 9.78 Å². The van der Waals surface area contributed by atoms with Crippen molar-refractivity contribution in [1.82, 2.24) is 14.8 Å². The normalized spacial score (nSPS) is 11.7. The van der Waals surface area contributed by atoms with Gasteiger partial charge in [0.25, 0.3) is 0 Å². The van der Waals surface area contributed by atoms with E-state index in [1.54, 1.807) is 16.0 Å². The fourth-order valence-corrected chi connectivity index (χ4v) is 4.14. The molecule has 5 nitrogen and oxygen atoms in total. The number of carbonyl (C=O) groups excluding carboxylic acids is 1. The van der Waals surface area contributed by atoms with Gasteiger partial charge in [-0.15, -0.1) is 0 Å². The summed E-state index contributed by atoms with van der Waals surface area (Å²) in [5, 5.41) is 8.29. The summed E-state index contributed by atoms with van der Waals surface area (Å²) in [6.45, 7) is 8.52. The minimum Gasteiger partial charge on any atom is -0.310 e. The van der Waals surface area contributed by atoms with Crippen LogP contribution in [0.15, 0.2) is 54.6 Å². The minimum absolute atomic E-state index is 0.0755. The maximum atomic E-state index is 12.5. The van der Waals surface area contributed by atoms with Crippen molar-refractivity contribution >= 4 is 33.3 Å². The highest BCUT2D eigenvalue weighted by Crippen LogP contribution is 2.31. The number of thiazole rings is 1. The first-order valence-electron chi connectivity index (χ1n) is 9.61. The number of rotatable bonds is 4. The van der Waals surface area contributed by atoms with Gasteiger partial charge in [-0.1, -0.05) is 68.5 Å². The number of aromatic nitrogens is 3. The average Bonchev–Trinajstić information content (AvgIpc) is 3.24. The molecule has 0 aliphatic rings. The summed E-state index contributed by atoms with van der Waals surface area (Å²) in [6.07, 6.45) is 0.319. The molecule has 0 radical (unpaired) electrons. The molecule has 6 heteroatoms. The van der Waals surface area contributed by atoms with Crippen LogP contribution in [-0.2, 0) is 16.6 Å². The summed E-state index contributed by atoms with van der Waals surface area (Å²) >= 11 is 1.58. The van der Waals surface area contributed by atoms with E-state index in [-0.39, 0.29) is 11.3 Å². The Morgan fingerprint density at radius 2 is 1.86 bits per heavy atom. The maximum absolute atomic E-state index is 12.5. The number of aryl methyl sites for hydroxylation is 1. The first-order valence-corrected chi connectivity index (χ1v) is 10.4. The van der Waals surface area contributed by atoms with E-state index in [0.717, 1.165) is 26.6 Å². The second-order valence-electron chi connectivity index (χ2n) is 8.22. The van der Waals surface area contributed by atoms with Crippen LogP contribution in [0.5, 0.6) is 0 Å². The standard InChI is InChI=1S/C23H24N4OS/c1-15-12-20(25-21(28)13-16-8-6-5-7-9-16)27(26-15)22-24-18-11-10-17(23(2,3)4)14-19(18)29-22/h5-12,14H,13H2,1-4H3,(H,25,28). The number of hydrogen-bond donors (Lipinski definition) is 1. The monoisotopic (exact) mass is 404 g/mol. The van der Waals surface area contributed by atoms with Gasteiger partial charge >= 0.3 is 0 Å². The molecule has 0 saturated heterocycles. The number of benzene rings is 2. The highest BCUT2D eigenvalue weighted by atomic mass is 32.1. The first kappa shape index (κ1) is 19.3. The van der Waals surface area contributed by atoms with Gasteiger partial charge in [0, 0.05) is 6.07 Å². The van der Waals surface area contributed by atoms with Gasteiger partial charge < -0.3 is 5.32 Å². The molecule has 0 bridgehead atoms. The van der Waals surface area contributed by atoms with E-state index in [9.17, 15) is 4.79 Å². The minimum atomic E-state index is -0.0755.